The van der Waals surface area contributed by atoms with E-state index in [-0.39, 0.29) is 5.56 Å². The van der Waals surface area contributed by atoms with Crippen LogP contribution in [-0.2, 0) is 16.0 Å². The Kier molecular flexibility index (Phi) is 3.60. The summed E-state index contributed by atoms with van der Waals surface area (Å²) in [6.07, 6.45) is 1.51. The second-order valence-corrected chi connectivity index (χ2v) is 4.31. The third-order valence-corrected chi connectivity index (χ3v) is 3.12. The van der Waals surface area contributed by atoms with Gasteiger partial charge >= 0.3 is 5.97 Å². The first-order valence-electron chi connectivity index (χ1n) is 5.59. The van der Waals surface area contributed by atoms with Gasteiger partial charge in [0.2, 0.25) is 0 Å². The number of nitrogens with zero attached hydrogens (tertiary/aromatic N) is 2. The van der Waals surface area contributed by atoms with Crippen LogP contribution in [0.1, 0.15) is 16.1 Å². The first-order chi connectivity index (χ1) is 8.58. The third kappa shape index (κ3) is 2.50. The van der Waals surface area contributed by atoms with Crippen LogP contribution < -0.4 is 0 Å². The Hall–Kier alpha value is -1.50. The zero-order valence-corrected chi connectivity index (χ0v) is 10.4. The molecule has 1 aromatic heterocycles. The second kappa shape index (κ2) is 5.01. The fourth-order valence-electron chi connectivity index (χ4n) is 2.02. The number of hydrogen-bond donors (Lipinski definition) is 1. The van der Waals surface area contributed by atoms with Crippen LogP contribution >= 0.6 is 0 Å². The van der Waals surface area contributed by atoms with Crippen LogP contribution in [0.5, 0.6) is 0 Å². The molecule has 1 saturated heterocycles. The highest BCUT2D eigenvalue weighted by atomic mass is 16.7. The van der Waals surface area contributed by atoms with Crippen molar-refractivity contribution in [2.75, 3.05) is 27.3 Å². The van der Waals surface area contributed by atoms with Gasteiger partial charge in [0.15, 0.2) is 5.79 Å². The first-order valence-corrected chi connectivity index (χ1v) is 5.59. The number of aromatic nitrogens is 1. The molecule has 0 saturated carbocycles. The predicted octanol–water partition coefficient (Wildman–Crippen LogP) is 0.584. The van der Waals surface area contributed by atoms with Crippen molar-refractivity contribution >= 4 is 5.97 Å². The van der Waals surface area contributed by atoms with Crippen LogP contribution in [0.15, 0.2) is 18.3 Å². The monoisotopic (exact) mass is 252 g/mol. The number of rotatable bonds is 5. The quantitative estimate of drug-likeness (QED) is 0.773. The van der Waals surface area contributed by atoms with Crippen LogP contribution in [0, 0.1) is 0 Å². The minimum atomic E-state index is -0.939. The molecule has 1 fully saturated rings. The van der Waals surface area contributed by atoms with E-state index in [1.54, 1.807) is 20.3 Å². The van der Waals surface area contributed by atoms with E-state index in [4.69, 9.17) is 14.6 Å². The van der Waals surface area contributed by atoms with Crippen molar-refractivity contribution in [2.24, 2.45) is 0 Å². The van der Waals surface area contributed by atoms with Crippen molar-refractivity contribution in [3.8, 4) is 0 Å². The molecule has 0 radical (unpaired) electrons. The molecule has 0 atom stereocenters. The highest BCUT2D eigenvalue weighted by molar-refractivity contribution is 5.87. The van der Waals surface area contributed by atoms with Gasteiger partial charge in [-0.15, -0.1) is 0 Å². The summed E-state index contributed by atoms with van der Waals surface area (Å²) < 4.78 is 10.5. The van der Waals surface area contributed by atoms with Crippen LogP contribution in [0.4, 0.5) is 0 Å². The van der Waals surface area contributed by atoms with Gasteiger partial charge in [-0.3, -0.25) is 9.88 Å². The van der Waals surface area contributed by atoms with Gasteiger partial charge in [0.1, 0.15) is 0 Å². The van der Waals surface area contributed by atoms with Crippen molar-refractivity contribution in [2.45, 2.75) is 12.3 Å². The Morgan fingerprint density at radius 3 is 2.72 bits per heavy atom. The van der Waals surface area contributed by atoms with Crippen molar-refractivity contribution in [1.82, 2.24) is 9.88 Å². The maximum atomic E-state index is 10.8. The Balaban J connectivity index is 1.96. The molecular formula is C12H16N2O4. The number of methoxy groups -OCH3 is 2. The number of pyridine rings is 1. The van der Waals surface area contributed by atoms with Crippen LogP contribution in [-0.4, -0.2) is 54.1 Å². The van der Waals surface area contributed by atoms with E-state index in [1.807, 2.05) is 0 Å². The maximum absolute atomic E-state index is 10.8. The molecular weight excluding hydrogens is 236 g/mol. The molecule has 2 heterocycles. The molecule has 1 aromatic rings. The summed E-state index contributed by atoms with van der Waals surface area (Å²) in [4.78, 5) is 17.1. The van der Waals surface area contributed by atoms with Gasteiger partial charge in [0.25, 0.3) is 0 Å². The van der Waals surface area contributed by atoms with Gasteiger partial charge in [-0.05, 0) is 12.1 Å². The van der Waals surface area contributed by atoms with Gasteiger partial charge < -0.3 is 14.6 Å². The molecule has 2 rings (SSSR count). The summed E-state index contributed by atoms with van der Waals surface area (Å²) in [6.45, 7) is 1.90. The van der Waals surface area contributed by atoms with Gasteiger partial charge in [-0.1, -0.05) is 0 Å². The Morgan fingerprint density at radius 1 is 1.50 bits per heavy atom. The summed E-state index contributed by atoms with van der Waals surface area (Å²) in [6, 6.07) is 3.07. The van der Waals surface area contributed by atoms with E-state index in [1.165, 1.54) is 12.3 Å². The molecule has 0 aliphatic carbocycles. The smallest absolute Gasteiger partial charge is 0.335 e. The number of carboxylic acids is 1. The summed E-state index contributed by atoms with van der Waals surface area (Å²) in [7, 11) is 3.23. The Labute approximate surface area is 105 Å². The average molecular weight is 252 g/mol. The van der Waals surface area contributed by atoms with E-state index in [9.17, 15) is 4.79 Å². The van der Waals surface area contributed by atoms with E-state index in [2.05, 4.69) is 9.88 Å². The van der Waals surface area contributed by atoms with Gasteiger partial charge in [-0.25, -0.2) is 4.79 Å². The van der Waals surface area contributed by atoms with E-state index in [0.717, 1.165) is 5.69 Å². The normalized spacial score (nSPS) is 18.3. The molecule has 18 heavy (non-hydrogen) atoms. The molecule has 6 heteroatoms. The second-order valence-electron chi connectivity index (χ2n) is 4.31. The van der Waals surface area contributed by atoms with Gasteiger partial charge in [-0.2, -0.15) is 0 Å². The Morgan fingerprint density at radius 2 is 2.17 bits per heavy atom. The molecule has 1 aliphatic heterocycles. The SMILES string of the molecule is COC1(OC)CN(Cc2cc(C(=O)O)ccn2)C1. The standard InChI is InChI=1S/C12H16N2O4/c1-17-12(18-2)7-14(8-12)6-10-5-9(11(15)16)3-4-13-10/h3-5H,6-8H2,1-2H3,(H,15,16). The van der Waals surface area contributed by atoms with Crippen LogP contribution in [0.25, 0.3) is 0 Å². The lowest BCUT2D eigenvalue weighted by Gasteiger charge is -2.47. The summed E-state index contributed by atoms with van der Waals surface area (Å²) in [5, 5.41) is 8.89. The number of hydrogen-bond acceptors (Lipinski definition) is 5. The van der Waals surface area contributed by atoms with Crippen LogP contribution in [0.2, 0.25) is 0 Å². The molecule has 0 spiro atoms. The molecule has 0 unspecified atom stereocenters. The zero-order valence-electron chi connectivity index (χ0n) is 10.4. The summed E-state index contributed by atoms with van der Waals surface area (Å²) >= 11 is 0. The number of likely N-dealkylation sites (tertiary alicyclic amines) is 1. The number of aromatic carboxylic acids is 1. The first kappa shape index (κ1) is 12.9. The number of carbonyl (C=O) groups is 1. The fraction of sp³-hybridized carbons (Fsp3) is 0.500. The van der Waals surface area contributed by atoms with Crippen LogP contribution in [0.3, 0.4) is 0 Å². The topological polar surface area (TPSA) is 71.9 Å². The molecule has 1 aliphatic rings. The molecule has 0 amide bonds. The highest BCUT2D eigenvalue weighted by Gasteiger charge is 2.43. The largest absolute Gasteiger partial charge is 0.478 e. The highest BCUT2D eigenvalue weighted by Crippen LogP contribution is 2.26. The van der Waals surface area contributed by atoms with Crippen molar-refractivity contribution < 1.29 is 19.4 Å². The average Bonchev–Trinajstić information content (AvgIpc) is 2.33. The van der Waals surface area contributed by atoms with E-state index >= 15 is 0 Å². The minimum absolute atomic E-state index is 0.255. The summed E-state index contributed by atoms with van der Waals surface area (Å²) in [5.41, 5.74) is 0.987. The molecule has 0 bridgehead atoms. The fourth-order valence-corrected chi connectivity index (χ4v) is 2.02. The van der Waals surface area contributed by atoms with Gasteiger partial charge in [0.05, 0.1) is 24.3 Å². The van der Waals surface area contributed by atoms with E-state index in [0.29, 0.717) is 19.6 Å². The summed E-state index contributed by atoms with van der Waals surface area (Å²) in [5.74, 6) is -1.46. The number of carboxylic acid groups (broad SMARTS) is 1. The Bertz CT molecular complexity index is 437. The van der Waals surface area contributed by atoms with Crippen molar-refractivity contribution in [3.05, 3.63) is 29.6 Å². The molecule has 1 N–H and O–H groups in total. The van der Waals surface area contributed by atoms with Crippen molar-refractivity contribution in [3.63, 3.8) is 0 Å². The third-order valence-electron chi connectivity index (χ3n) is 3.12. The van der Waals surface area contributed by atoms with Gasteiger partial charge in [0, 0.05) is 27.0 Å². The minimum Gasteiger partial charge on any atom is -0.478 e. The molecule has 0 aromatic carbocycles. The number of ether oxygens (including phenoxy) is 2. The lowest BCUT2D eigenvalue weighted by molar-refractivity contribution is -0.277. The lowest BCUT2D eigenvalue weighted by Crippen LogP contribution is -2.63. The van der Waals surface area contributed by atoms with E-state index < -0.39 is 11.8 Å². The van der Waals surface area contributed by atoms with Crippen molar-refractivity contribution in [1.29, 1.82) is 0 Å². The zero-order chi connectivity index (χ0) is 13.2. The lowest BCUT2D eigenvalue weighted by atomic mass is 10.1. The predicted molar refractivity (Wildman–Crippen MR) is 63.2 cm³/mol. The molecule has 6 nitrogen and oxygen atoms in total. The molecule has 98 valence electrons. The maximum Gasteiger partial charge on any atom is 0.335 e.